The molecule has 2 rings (SSSR count). The quantitative estimate of drug-likeness (QED) is 0.730. The van der Waals surface area contributed by atoms with Gasteiger partial charge in [-0.3, -0.25) is 0 Å². The van der Waals surface area contributed by atoms with Gasteiger partial charge in [0.05, 0.1) is 0 Å². The van der Waals surface area contributed by atoms with Gasteiger partial charge >= 0.3 is 0 Å². The van der Waals surface area contributed by atoms with Gasteiger partial charge in [0.15, 0.2) is 11.5 Å². The van der Waals surface area contributed by atoms with Gasteiger partial charge in [0.1, 0.15) is 0 Å². The van der Waals surface area contributed by atoms with Crippen LogP contribution in [0.15, 0.2) is 18.2 Å². The Hall–Kier alpha value is -1.26. The Morgan fingerprint density at radius 3 is 2.89 bits per heavy atom. The van der Waals surface area contributed by atoms with Gasteiger partial charge in [-0.1, -0.05) is 6.07 Å². The molecule has 1 aliphatic rings. The first-order valence-corrected chi connectivity index (χ1v) is 6.55. The maximum Gasteiger partial charge on any atom is 0.231 e. The lowest BCUT2D eigenvalue weighted by Gasteiger charge is -2.14. The lowest BCUT2D eigenvalue weighted by molar-refractivity contribution is 0.174. The normalized spacial score (nSPS) is 14.8. The third-order valence-corrected chi connectivity index (χ3v) is 3.18. The van der Waals surface area contributed by atoms with Crippen molar-refractivity contribution in [1.29, 1.82) is 0 Å². The van der Waals surface area contributed by atoms with Crippen molar-refractivity contribution in [2.45, 2.75) is 32.2 Å². The first kappa shape index (κ1) is 13.2. The molecule has 0 aromatic heterocycles. The minimum Gasteiger partial charge on any atom is -0.454 e. The highest BCUT2D eigenvalue weighted by Crippen LogP contribution is 2.34. The molecule has 18 heavy (non-hydrogen) atoms. The summed E-state index contributed by atoms with van der Waals surface area (Å²) in [7, 11) is 0. The second-order valence-corrected chi connectivity index (χ2v) is 4.57. The predicted octanol–water partition coefficient (Wildman–Crippen LogP) is 2.23. The molecule has 0 bridgehead atoms. The van der Waals surface area contributed by atoms with Crippen LogP contribution in [0.3, 0.4) is 0 Å². The average molecular weight is 251 g/mol. The van der Waals surface area contributed by atoms with Crippen molar-refractivity contribution in [3.8, 4) is 11.5 Å². The summed E-state index contributed by atoms with van der Waals surface area (Å²) in [5, 5.41) is 12.2. The lowest BCUT2D eigenvalue weighted by Crippen LogP contribution is -2.19. The monoisotopic (exact) mass is 251 g/mol. The summed E-state index contributed by atoms with van der Waals surface area (Å²) in [6.45, 7) is 3.72. The van der Waals surface area contributed by atoms with Crippen LogP contribution in [0.4, 0.5) is 0 Å². The molecule has 1 aliphatic heterocycles. The maximum atomic E-state index is 8.70. The van der Waals surface area contributed by atoms with E-state index < -0.39 is 0 Å². The lowest BCUT2D eigenvalue weighted by atomic mass is 10.1. The largest absolute Gasteiger partial charge is 0.454 e. The summed E-state index contributed by atoms with van der Waals surface area (Å²) in [5.74, 6) is 1.66. The molecule has 4 nitrogen and oxygen atoms in total. The van der Waals surface area contributed by atoms with Crippen LogP contribution in [0.25, 0.3) is 0 Å². The van der Waals surface area contributed by atoms with E-state index in [1.54, 1.807) is 0 Å². The number of ether oxygens (including phenoxy) is 2. The number of aliphatic hydroxyl groups excluding tert-OH is 1. The molecule has 1 aromatic rings. The molecule has 0 amide bonds. The minimum atomic E-state index is 0.289. The highest BCUT2D eigenvalue weighted by Gasteiger charge is 2.15. The Labute approximate surface area is 108 Å². The van der Waals surface area contributed by atoms with Gasteiger partial charge in [-0.15, -0.1) is 0 Å². The van der Waals surface area contributed by atoms with Crippen LogP contribution in [0.5, 0.6) is 11.5 Å². The van der Waals surface area contributed by atoms with Crippen LogP contribution in [0.2, 0.25) is 0 Å². The van der Waals surface area contributed by atoms with E-state index in [1.165, 1.54) is 5.56 Å². The SMILES string of the molecule is CC(NCCCCCO)c1ccc2c(c1)OCO2. The Kier molecular flexibility index (Phi) is 4.84. The van der Waals surface area contributed by atoms with Crippen LogP contribution < -0.4 is 14.8 Å². The predicted molar refractivity (Wildman–Crippen MR) is 69.9 cm³/mol. The number of rotatable bonds is 7. The molecule has 0 fully saturated rings. The highest BCUT2D eigenvalue weighted by molar-refractivity contribution is 5.45. The summed E-state index contributed by atoms with van der Waals surface area (Å²) in [5.41, 5.74) is 1.21. The zero-order chi connectivity index (χ0) is 12.8. The van der Waals surface area contributed by atoms with E-state index in [0.717, 1.165) is 37.3 Å². The van der Waals surface area contributed by atoms with Gasteiger partial charge in [0, 0.05) is 12.6 Å². The second kappa shape index (κ2) is 6.61. The summed E-state index contributed by atoms with van der Waals surface area (Å²) < 4.78 is 10.7. The summed E-state index contributed by atoms with van der Waals surface area (Å²) >= 11 is 0. The molecule has 1 heterocycles. The van der Waals surface area contributed by atoms with Crippen LogP contribution in [0.1, 0.15) is 37.8 Å². The molecule has 1 aromatic carbocycles. The molecule has 0 saturated carbocycles. The van der Waals surface area contributed by atoms with Crippen LogP contribution in [0, 0.1) is 0 Å². The Morgan fingerprint density at radius 1 is 1.22 bits per heavy atom. The first-order valence-electron chi connectivity index (χ1n) is 6.55. The van der Waals surface area contributed by atoms with E-state index in [2.05, 4.69) is 18.3 Å². The van der Waals surface area contributed by atoms with Crippen molar-refractivity contribution in [1.82, 2.24) is 5.32 Å². The summed E-state index contributed by atoms with van der Waals surface area (Å²) in [4.78, 5) is 0. The van der Waals surface area contributed by atoms with Gasteiger partial charge in [-0.2, -0.15) is 0 Å². The number of nitrogens with one attached hydrogen (secondary N) is 1. The average Bonchev–Trinajstić information content (AvgIpc) is 2.85. The molecule has 1 atom stereocenters. The van der Waals surface area contributed by atoms with Crippen LogP contribution in [-0.4, -0.2) is 25.1 Å². The van der Waals surface area contributed by atoms with E-state index in [0.29, 0.717) is 12.8 Å². The number of aliphatic hydroxyl groups is 1. The maximum absolute atomic E-state index is 8.70. The topological polar surface area (TPSA) is 50.7 Å². The smallest absolute Gasteiger partial charge is 0.231 e. The van der Waals surface area contributed by atoms with Crippen molar-refractivity contribution < 1.29 is 14.6 Å². The zero-order valence-electron chi connectivity index (χ0n) is 10.8. The summed E-state index contributed by atoms with van der Waals surface area (Å²) in [6.07, 6.45) is 3.05. The van der Waals surface area contributed by atoms with E-state index in [1.807, 2.05) is 12.1 Å². The highest BCUT2D eigenvalue weighted by atomic mass is 16.7. The van der Waals surface area contributed by atoms with E-state index in [4.69, 9.17) is 14.6 Å². The van der Waals surface area contributed by atoms with E-state index in [-0.39, 0.29) is 6.61 Å². The number of benzene rings is 1. The second-order valence-electron chi connectivity index (χ2n) is 4.57. The molecule has 2 N–H and O–H groups in total. The minimum absolute atomic E-state index is 0.289. The molecular formula is C14H21NO3. The number of hydrogen-bond donors (Lipinski definition) is 2. The van der Waals surface area contributed by atoms with Gasteiger partial charge in [0.25, 0.3) is 0 Å². The van der Waals surface area contributed by atoms with Crippen LogP contribution in [-0.2, 0) is 0 Å². The fraction of sp³-hybridized carbons (Fsp3) is 0.571. The zero-order valence-corrected chi connectivity index (χ0v) is 10.8. The molecule has 1 unspecified atom stereocenters. The van der Waals surface area contributed by atoms with Gasteiger partial charge in [-0.05, 0) is 50.4 Å². The first-order chi connectivity index (χ1) is 8.81. The Balaban J connectivity index is 1.80. The number of fused-ring (bicyclic) bond motifs is 1. The van der Waals surface area contributed by atoms with Gasteiger partial charge in [-0.25, -0.2) is 0 Å². The summed E-state index contributed by atoms with van der Waals surface area (Å²) in [6, 6.07) is 6.36. The molecule has 0 spiro atoms. The molecule has 100 valence electrons. The molecule has 0 aliphatic carbocycles. The molecule has 4 heteroatoms. The van der Waals surface area contributed by atoms with Crippen molar-refractivity contribution >= 4 is 0 Å². The molecular weight excluding hydrogens is 230 g/mol. The van der Waals surface area contributed by atoms with E-state index >= 15 is 0 Å². The number of hydrogen-bond acceptors (Lipinski definition) is 4. The molecule has 0 saturated heterocycles. The Bertz CT molecular complexity index is 381. The third-order valence-electron chi connectivity index (χ3n) is 3.18. The Morgan fingerprint density at radius 2 is 2.06 bits per heavy atom. The van der Waals surface area contributed by atoms with Crippen molar-refractivity contribution in [2.75, 3.05) is 19.9 Å². The van der Waals surface area contributed by atoms with Crippen molar-refractivity contribution in [3.05, 3.63) is 23.8 Å². The standard InChI is InChI=1S/C14H21NO3/c1-11(15-7-3-2-4-8-16)12-5-6-13-14(9-12)18-10-17-13/h5-6,9,11,15-16H,2-4,7-8,10H2,1H3. The third kappa shape index (κ3) is 3.37. The fourth-order valence-electron chi connectivity index (χ4n) is 2.03. The van der Waals surface area contributed by atoms with Crippen molar-refractivity contribution in [3.63, 3.8) is 0 Å². The molecule has 0 radical (unpaired) electrons. The van der Waals surface area contributed by atoms with E-state index in [9.17, 15) is 0 Å². The van der Waals surface area contributed by atoms with Gasteiger partial charge < -0.3 is 19.9 Å². The number of unbranched alkanes of at least 4 members (excludes halogenated alkanes) is 2. The van der Waals surface area contributed by atoms with Crippen molar-refractivity contribution in [2.24, 2.45) is 0 Å². The van der Waals surface area contributed by atoms with Crippen LogP contribution >= 0.6 is 0 Å². The van der Waals surface area contributed by atoms with Gasteiger partial charge in [0.2, 0.25) is 6.79 Å². The fourth-order valence-corrected chi connectivity index (χ4v) is 2.03.